The monoisotopic (exact) mass is 408 g/mol. The average molecular weight is 408 g/mol. The number of aromatic nitrogens is 1. The van der Waals surface area contributed by atoms with Crippen LogP contribution in [-0.2, 0) is 22.6 Å². The normalized spacial score (nSPS) is 12.2. The van der Waals surface area contributed by atoms with E-state index in [1.165, 1.54) is 7.11 Å². The van der Waals surface area contributed by atoms with E-state index >= 15 is 0 Å². The summed E-state index contributed by atoms with van der Waals surface area (Å²) in [5, 5.41) is 4.19. The number of amides is 1. The summed E-state index contributed by atoms with van der Waals surface area (Å²) in [7, 11) is 1.51. The lowest BCUT2D eigenvalue weighted by molar-refractivity contribution is -0.136. The highest BCUT2D eigenvalue weighted by Crippen LogP contribution is 2.33. The van der Waals surface area contributed by atoms with Gasteiger partial charge in [0.25, 0.3) is 0 Å². The van der Waals surface area contributed by atoms with Crippen molar-refractivity contribution in [2.45, 2.75) is 26.9 Å². The molecule has 1 amide bonds. The highest BCUT2D eigenvalue weighted by Gasteiger charge is 2.20. The number of benzene rings is 2. The number of hydrogen-bond acceptors (Lipinski definition) is 6. The van der Waals surface area contributed by atoms with Crippen molar-refractivity contribution >= 4 is 5.91 Å². The molecule has 0 bridgehead atoms. The fourth-order valence-electron chi connectivity index (χ4n) is 3.42. The Bertz CT molecular complexity index is 1060. The van der Waals surface area contributed by atoms with Gasteiger partial charge in [-0.15, -0.1) is 0 Å². The first-order valence-corrected chi connectivity index (χ1v) is 9.72. The van der Waals surface area contributed by atoms with Crippen LogP contribution in [0, 0.1) is 13.8 Å². The molecule has 0 atom stereocenters. The Labute approximate surface area is 175 Å². The summed E-state index contributed by atoms with van der Waals surface area (Å²) in [4.78, 5) is 14.3. The molecule has 2 heterocycles. The summed E-state index contributed by atoms with van der Waals surface area (Å²) in [5.74, 6) is 1.95. The van der Waals surface area contributed by atoms with E-state index in [4.69, 9.17) is 18.7 Å². The molecular weight excluding hydrogens is 384 g/mol. The molecule has 4 rings (SSSR count). The van der Waals surface area contributed by atoms with E-state index in [-0.39, 0.29) is 19.3 Å². The molecule has 0 radical (unpaired) electrons. The number of rotatable bonds is 7. The molecular formula is C23H24N2O5. The molecule has 1 aromatic heterocycles. The van der Waals surface area contributed by atoms with Crippen LogP contribution in [0.3, 0.4) is 0 Å². The van der Waals surface area contributed by atoms with E-state index in [0.29, 0.717) is 36.0 Å². The first-order valence-electron chi connectivity index (χ1n) is 9.72. The molecule has 30 heavy (non-hydrogen) atoms. The molecule has 0 unspecified atom stereocenters. The van der Waals surface area contributed by atoms with Gasteiger partial charge < -0.3 is 23.6 Å². The third kappa shape index (κ3) is 4.31. The van der Waals surface area contributed by atoms with Crippen molar-refractivity contribution < 1.29 is 23.5 Å². The van der Waals surface area contributed by atoms with Gasteiger partial charge in [-0.05, 0) is 43.2 Å². The minimum Gasteiger partial charge on any atom is -0.454 e. The fraction of sp³-hybridized carbons (Fsp3) is 0.304. The smallest absolute Gasteiger partial charge is 0.249 e. The van der Waals surface area contributed by atoms with Gasteiger partial charge in [-0.1, -0.05) is 28.9 Å². The maximum atomic E-state index is 12.6. The number of hydrogen-bond donors (Lipinski definition) is 0. The van der Waals surface area contributed by atoms with Crippen LogP contribution in [0.25, 0.3) is 11.3 Å². The molecule has 156 valence electrons. The molecule has 0 saturated carbocycles. The maximum Gasteiger partial charge on any atom is 0.249 e. The molecule has 1 aliphatic heterocycles. The van der Waals surface area contributed by atoms with E-state index in [9.17, 15) is 4.79 Å². The highest BCUT2D eigenvalue weighted by molar-refractivity contribution is 5.77. The number of aryl methyl sites for hydroxylation is 2. The van der Waals surface area contributed by atoms with Gasteiger partial charge in [-0.2, -0.15) is 0 Å². The Hall–Kier alpha value is -3.32. The van der Waals surface area contributed by atoms with Crippen molar-refractivity contribution in [2.75, 3.05) is 20.5 Å². The number of carbonyl (C=O) groups is 1. The number of ether oxygens (including phenoxy) is 3. The molecule has 0 aliphatic carbocycles. The zero-order chi connectivity index (χ0) is 21.1. The molecule has 0 N–H and O–H groups in total. The minimum atomic E-state index is -0.133. The van der Waals surface area contributed by atoms with Gasteiger partial charge in [0.1, 0.15) is 12.3 Å². The summed E-state index contributed by atoms with van der Waals surface area (Å²) < 4.78 is 21.4. The molecule has 0 spiro atoms. The highest BCUT2D eigenvalue weighted by atomic mass is 16.7. The van der Waals surface area contributed by atoms with Crippen LogP contribution in [0.1, 0.15) is 22.4 Å². The molecule has 7 heteroatoms. The van der Waals surface area contributed by atoms with Gasteiger partial charge in [0.15, 0.2) is 17.3 Å². The van der Waals surface area contributed by atoms with Gasteiger partial charge in [0, 0.05) is 25.3 Å². The van der Waals surface area contributed by atoms with Crippen molar-refractivity contribution in [1.29, 1.82) is 0 Å². The van der Waals surface area contributed by atoms with Gasteiger partial charge in [-0.3, -0.25) is 4.79 Å². The van der Waals surface area contributed by atoms with Crippen LogP contribution in [-0.4, -0.2) is 36.5 Å². The summed E-state index contributed by atoms with van der Waals surface area (Å²) in [6.07, 6.45) is 0. The van der Waals surface area contributed by atoms with Gasteiger partial charge in [0.05, 0.1) is 6.54 Å². The van der Waals surface area contributed by atoms with Crippen LogP contribution in [0.4, 0.5) is 0 Å². The second-order valence-corrected chi connectivity index (χ2v) is 7.37. The molecule has 7 nitrogen and oxygen atoms in total. The lowest BCUT2D eigenvalue weighted by atomic mass is 10.0. The molecule has 0 saturated heterocycles. The van der Waals surface area contributed by atoms with Crippen molar-refractivity contribution in [3.05, 3.63) is 64.8 Å². The van der Waals surface area contributed by atoms with Crippen LogP contribution < -0.4 is 9.47 Å². The standard InChI is InChI=1S/C23H24N2O5/c1-15-4-5-16(2)19(8-15)21-10-18(24-30-21)12-25(23(26)13-27-3)11-17-6-7-20-22(9-17)29-14-28-20/h4-10H,11-14H2,1-3H3. The zero-order valence-corrected chi connectivity index (χ0v) is 17.3. The number of methoxy groups -OCH3 is 1. The Balaban J connectivity index is 1.54. The Morgan fingerprint density at radius 1 is 1.07 bits per heavy atom. The molecule has 3 aromatic rings. The predicted octanol–water partition coefficient (Wildman–Crippen LogP) is 3.86. The molecule has 0 fully saturated rings. The summed E-state index contributed by atoms with van der Waals surface area (Å²) >= 11 is 0. The van der Waals surface area contributed by atoms with E-state index in [2.05, 4.69) is 23.4 Å². The molecule has 1 aliphatic rings. The molecule has 2 aromatic carbocycles. The van der Waals surface area contributed by atoms with Crippen LogP contribution in [0.2, 0.25) is 0 Å². The van der Waals surface area contributed by atoms with E-state index in [1.807, 2.05) is 38.1 Å². The quantitative estimate of drug-likeness (QED) is 0.591. The van der Waals surface area contributed by atoms with Crippen molar-refractivity contribution in [3.63, 3.8) is 0 Å². The van der Waals surface area contributed by atoms with E-state index in [0.717, 1.165) is 22.3 Å². The van der Waals surface area contributed by atoms with Gasteiger partial charge in [0.2, 0.25) is 12.7 Å². The lowest BCUT2D eigenvalue weighted by Gasteiger charge is -2.21. The predicted molar refractivity (Wildman–Crippen MR) is 110 cm³/mol. The average Bonchev–Trinajstić information content (AvgIpc) is 3.38. The zero-order valence-electron chi connectivity index (χ0n) is 17.3. The van der Waals surface area contributed by atoms with Gasteiger partial charge >= 0.3 is 0 Å². The Morgan fingerprint density at radius 2 is 1.90 bits per heavy atom. The van der Waals surface area contributed by atoms with Crippen molar-refractivity contribution in [1.82, 2.24) is 10.1 Å². The number of nitrogens with zero attached hydrogens (tertiary/aromatic N) is 2. The second-order valence-electron chi connectivity index (χ2n) is 7.37. The Morgan fingerprint density at radius 3 is 2.73 bits per heavy atom. The summed E-state index contributed by atoms with van der Waals surface area (Å²) in [6, 6.07) is 13.7. The van der Waals surface area contributed by atoms with E-state index < -0.39 is 0 Å². The Kier molecular flexibility index (Phi) is 5.72. The minimum absolute atomic E-state index is 0.00769. The van der Waals surface area contributed by atoms with Crippen LogP contribution >= 0.6 is 0 Å². The van der Waals surface area contributed by atoms with Crippen LogP contribution in [0.15, 0.2) is 47.0 Å². The topological polar surface area (TPSA) is 74.0 Å². The summed E-state index contributed by atoms with van der Waals surface area (Å²) in [6.45, 7) is 4.98. The first-order chi connectivity index (χ1) is 14.5. The van der Waals surface area contributed by atoms with Crippen molar-refractivity contribution in [2.24, 2.45) is 0 Å². The number of carbonyl (C=O) groups excluding carboxylic acids is 1. The fourth-order valence-corrected chi connectivity index (χ4v) is 3.42. The third-order valence-corrected chi connectivity index (χ3v) is 5.00. The first kappa shape index (κ1) is 20.0. The van der Waals surface area contributed by atoms with Crippen molar-refractivity contribution in [3.8, 4) is 22.8 Å². The third-order valence-electron chi connectivity index (χ3n) is 5.00. The number of fused-ring (bicyclic) bond motifs is 1. The maximum absolute atomic E-state index is 12.6. The summed E-state index contributed by atoms with van der Waals surface area (Å²) in [5.41, 5.74) is 4.86. The second kappa shape index (κ2) is 8.59. The van der Waals surface area contributed by atoms with Gasteiger partial charge in [-0.25, -0.2) is 0 Å². The SMILES string of the molecule is COCC(=O)N(Cc1ccc2c(c1)OCO2)Cc1cc(-c2cc(C)ccc2C)on1. The lowest BCUT2D eigenvalue weighted by Crippen LogP contribution is -2.33. The van der Waals surface area contributed by atoms with E-state index in [1.54, 1.807) is 4.90 Å². The van der Waals surface area contributed by atoms with Crippen LogP contribution in [0.5, 0.6) is 11.5 Å². The largest absolute Gasteiger partial charge is 0.454 e.